The van der Waals surface area contributed by atoms with Gasteiger partial charge >= 0.3 is 0 Å². The standard InChI is InChI=1S/C24H25ClN2O4S/c1-32(29,30)27(18-24(28)26-17-7-9-19-8-5-6-12-23(19)25)20-13-15-22(16-14-20)31-21-10-3-2-4-11-21/h2-6,8,10-16H,7,9,17-18H2,1H3,(H,26,28). The quantitative estimate of drug-likeness (QED) is 0.436. The number of nitrogens with zero attached hydrogens (tertiary/aromatic N) is 1. The lowest BCUT2D eigenvalue weighted by atomic mass is 10.1. The molecule has 0 spiro atoms. The number of hydrogen-bond acceptors (Lipinski definition) is 4. The van der Waals surface area contributed by atoms with Crippen molar-refractivity contribution in [2.75, 3.05) is 23.7 Å². The number of aryl methyl sites for hydroxylation is 1. The summed E-state index contributed by atoms with van der Waals surface area (Å²) in [5, 5.41) is 3.47. The average Bonchev–Trinajstić information content (AvgIpc) is 2.77. The van der Waals surface area contributed by atoms with Gasteiger partial charge in [0.15, 0.2) is 0 Å². The molecule has 3 rings (SSSR count). The van der Waals surface area contributed by atoms with Gasteiger partial charge in [-0.2, -0.15) is 0 Å². The maximum Gasteiger partial charge on any atom is 0.240 e. The summed E-state index contributed by atoms with van der Waals surface area (Å²) >= 11 is 6.14. The molecular formula is C24H25ClN2O4S. The molecule has 168 valence electrons. The van der Waals surface area contributed by atoms with Gasteiger partial charge in [-0.3, -0.25) is 9.10 Å². The molecule has 0 saturated heterocycles. The van der Waals surface area contributed by atoms with Crippen molar-refractivity contribution in [2.45, 2.75) is 12.8 Å². The summed E-state index contributed by atoms with van der Waals surface area (Å²) in [4.78, 5) is 12.4. The molecule has 32 heavy (non-hydrogen) atoms. The van der Waals surface area contributed by atoms with Crippen LogP contribution in [0.15, 0.2) is 78.9 Å². The van der Waals surface area contributed by atoms with E-state index in [4.69, 9.17) is 16.3 Å². The van der Waals surface area contributed by atoms with E-state index in [9.17, 15) is 13.2 Å². The fourth-order valence-electron chi connectivity index (χ4n) is 3.10. The highest BCUT2D eigenvalue weighted by atomic mass is 35.5. The van der Waals surface area contributed by atoms with Gasteiger partial charge in [0.2, 0.25) is 15.9 Å². The first-order valence-corrected chi connectivity index (χ1v) is 12.4. The lowest BCUT2D eigenvalue weighted by Gasteiger charge is -2.22. The number of amides is 1. The minimum absolute atomic E-state index is 0.302. The molecule has 0 aliphatic rings. The van der Waals surface area contributed by atoms with Gasteiger partial charge in [0.1, 0.15) is 18.0 Å². The molecule has 0 aliphatic carbocycles. The summed E-state index contributed by atoms with van der Waals surface area (Å²) < 4.78 is 31.4. The van der Waals surface area contributed by atoms with Crippen LogP contribution in [0.5, 0.6) is 11.5 Å². The van der Waals surface area contributed by atoms with Crippen molar-refractivity contribution in [3.63, 3.8) is 0 Å². The first-order valence-electron chi connectivity index (χ1n) is 10.1. The molecule has 0 bridgehead atoms. The van der Waals surface area contributed by atoms with E-state index in [1.807, 2.05) is 54.6 Å². The van der Waals surface area contributed by atoms with E-state index in [1.54, 1.807) is 24.3 Å². The molecule has 0 aromatic heterocycles. The number of nitrogens with one attached hydrogen (secondary N) is 1. The number of carbonyl (C=O) groups is 1. The molecule has 3 aromatic carbocycles. The number of anilines is 1. The Bertz CT molecular complexity index is 1140. The Hall–Kier alpha value is -3.03. The topological polar surface area (TPSA) is 75.7 Å². The molecule has 0 radical (unpaired) electrons. The molecule has 1 amide bonds. The van der Waals surface area contributed by atoms with Crippen LogP contribution in [0.2, 0.25) is 5.02 Å². The minimum atomic E-state index is -3.65. The fraction of sp³-hybridized carbons (Fsp3) is 0.208. The molecule has 3 aromatic rings. The Balaban J connectivity index is 1.56. The smallest absolute Gasteiger partial charge is 0.240 e. The summed E-state index contributed by atoms with van der Waals surface area (Å²) in [5.41, 5.74) is 1.40. The van der Waals surface area contributed by atoms with Crippen molar-refractivity contribution in [3.8, 4) is 11.5 Å². The van der Waals surface area contributed by atoms with Crippen LogP contribution in [-0.2, 0) is 21.2 Å². The molecular weight excluding hydrogens is 448 g/mol. The van der Waals surface area contributed by atoms with Gasteiger partial charge in [-0.1, -0.05) is 48.0 Å². The fourth-order valence-corrected chi connectivity index (χ4v) is 4.19. The van der Waals surface area contributed by atoms with Crippen molar-refractivity contribution in [1.82, 2.24) is 5.32 Å². The van der Waals surface area contributed by atoms with Crippen LogP contribution in [0.3, 0.4) is 0 Å². The monoisotopic (exact) mass is 472 g/mol. The zero-order valence-electron chi connectivity index (χ0n) is 17.7. The maximum atomic E-state index is 12.4. The predicted octanol–water partition coefficient (Wildman–Crippen LogP) is 4.65. The largest absolute Gasteiger partial charge is 0.457 e. The van der Waals surface area contributed by atoms with Crippen molar-refractivity contribution in [2.24, 2.45) is 0 Å². The third kappa shape index (κ3) is 7.00. The van der Waals surface area contributed by atoms with Crippen molar-refractivity contribution in [1.29, 1.82) is 0 Å². The molecule has 6 nitrogen and oxygen atoms in total. The third-order valence-corrected chi connectivity index (χ3v) is 6.20. The summed E-state index contributed by atoms with van der Waals surface area (Å²) in [7, 11) is -3.65. The van der Waals surface area contributed by atoms with Crippen molar-refractivity contribution < 1.29 is 17.9 Å². The van der Waals surface area contributed by atoms with Gasteiger partial charge in [0.05, 0.1) is 11.9 Å². The molecule has 0 unspecified atom stereocenters. The van der Waals surface area contributed by atoms with Gasteiger partial charge < -0.3 is 10.1 Å². The van der Waals surface area contributed by atoms with Crippen LogP contribution in [0.1, 0.15) is 12.0 Å². The molecule has 0 fully saturated rings. The van der Waals surface area contributed by atoms with E-state index in [0.717, 1.165) is 22.5 Å². The van der Waals surface area contributed by atoms with Crippen LogP contribution in [0, 0.1) is 0 Å². The van der Waals surface area contributed by atoms with Crippen LogP contribution >= 0.6 is 11.6 Å². The van der Waals surface area contributed by atoms with Crippen molar-refractivity contribution >= 4 is 33.2 Å². The number of sulfonamides is 1. The second-order valence-corrected chi connectivity index (χ2v) is 9.54. The van der Waals surface area contributed by atoms with Gasteiger partial charge in [-0.05, 0) is 60.9 Å². The summed E-state index contributed by atoms with van der Waals surface area (Å²) in [5.74, 6) is 0.869. The lowest BCUT2D eigenvalue weighted by molar-refractivity contribution is -0.119. The molecule has 0 heterocycles. The van der Waals surface area contributed by atoms with Gasteiger partial charge in [0, 0.05) is 11.6 Å². The Morgan fingerprint density at radius 3 is 2.22 bits per heavy atom. The number of para-hydroxylation sites is 1. The van der Waals surface area contributed by atoms with Crippen LogP contribution < -0.4 is 14.4 Å². The highest BCUT2D eigenvalue weighted by Crippen LogP contribution is 2.25. The summed E-state index contributed by atoms with van der Waals surface area (Å²) in [6, 6.07) is 23.4. The third-order valence-electron chi connectivity index (χ3n) is 4.69. The molecule has 0 atom stereocenters. The lowest BCUT2D eigenvalue weighted by Crippen LogP contribution is -2.40. The van der Waals surface area contributed by atoms with E-state index in [2.05, 4.69) is 5.32 Å². The minimum Gasteiger partial charge on any atom is -0.457 e. The number of hydrogen-bond donors (Lipinski definition) is 1. The zero-order valence-corrected chi connectivity index (χ0v) is 19.3. The van der Waals surface area contributed by atoms with Gasteiger partial charge in [0.25, 0.3) is 0 Å². The molecule has 0 saturated carbocycles. The highest BCUT2D eigenvalue weighted by Gasteiger charge is 2.20. The number of ether oxygens (including phenoxy) is 1. The van der Waals surface area contributed by atoms with Crippen LogP contribution in [0.25, 0.3) is 0 Å². The summed E-state index contributed by atoms with van der Waals surface area (Å²) in [6.45, 7) is 0.120. The number of rotatable bonds is 10. The second-order valence-electron chi connectivity index (χ2n) is 7.22. The zero-order chi connectivity index (χ0) is 23.0. The number of carbonyl (C=O) groups excluding carboxylic acids is 1. The second kappa shape index (κ2) is 11.0. The molecule has 0 aliphatic heterocycles. The first-order chi connectivity index (χ1) is 15.3. The van der Waals surface area contributed by atoms with Gasteiger partial charge in [-0.25, -0.2) is 8.42 Å². The Morgan fingerprint density at radius 2 is 1.56 bits per heavy atom. The van der Waals surface area contributed by atoms with Gasteiger partial charge in [-0.15, -0.1) is 0 Å². The Labute approximate surface area is 193 Å². The van der Waals surface area contributed by atoms with E-state index in [-0.39, 0.29) is 12.5 Å². The van der Waals surface area contributed by atoms with Crippen LogP contribution in [-0.4, -0.2) is 33.7 Å². The number of benzene rings is 3. The SMILES string of the molecule is CS(=O)(=O)N(CC(=O)NCCCc1ccccc1Cl)c1ccc(Oc2ccccc2)cc1. The van der Waals surface area contributed by atoms with E-state index < -0.39 is 10.0 Å². The first kappa shape index (κ1) is 23.6. The van der Waals surface area contributed by atoms with Crippen molar-refractivity contribution in [3.05, 3.63) is 89.4 Å². The van der Waals surface area contributed by atoms with E-state index in [1.165, 1.54) is 0 Å². The Kier molecular flexibility index (Phi) is 8.14. The normalized spacial score (nSPS) is 11.1. The molecule has 8 heteroatoms. The average molecular weight is 473 g/mol. The maximum absolute atomic E-state index is 12.4. The predicted molar refractivity (Wildman–Crippen MR) is 128 cm³/mol. The highest BCUT2D eigenvalue weighted by molar-refractivity contribution is 7.92. The Morgan fingerprint density at radius 1 is 0.938 bits per heavy atom. The summed E-state index contributed by atoms with van der Waals surface area (Å²) in [6.07, 6.45) is 2.49. The van der Waals surface area contributed by atoms with Crippen LogP contribution in [0.4, 0.5) is 5.69 Å². The van der Waals surface area contributed by atoms with E-state index >= 15 is 0 Å². The van der Waals surface area contributed by atoms with E-state index in [0.29, 0.717) is 35.2 Å². The number of halogens is 1. The molecule has 1 N–H and O–H groups in total.